The Morgan fingerprint density at radius 3 is 2.76 bits per heavy atom. The van der Waals surface area contributed by atoms with Gasteiger partial charge in [-0.1, -0.05) is 19.9 Å². The first-order chi connectivity index (χ1) is 10.2. The zero-order valence-electron chi connectivity index (χ0n) is 13.2. The highest BCUT2D eigenvalue weighted by molar-refractivity contribution is 7.10. The van der Waals surface area contributed by atoms with Gasteiger partial charge in [0.25, 0.3) is 0 Å². The van der Waals surface area contributed by atoms with Gasteiger partial charge in [0, 0.05) is 23.5 Å². The molecule has 0 aromatic carbocycles. The molecule has 1 amide bonds. The highest BCUT2D eigenvalue weighted by atomic mass is 32.1. The summed E-state index contributed by atoms with van der Waals surface area (Å²) in [6.07, 6.45) is 1.90. The van der Waals surface area contributed by atoms with Crippen LogP contribution in [0.2, 0.25) is 0 Å². The quantitative estimate of drug-likeness (QED) is 0.533. The van der Waals surface area contributed by atoms with Crippen molar-refractivity contribution >= 4 is 23.3 Å². The van der Waals surface area contributed by atoms with Gasteiger partial charge in [-0.15, -0.1) is 11.3 Å². The number of thiophene rings is 1. The van der Waals surface area contributed by atoms with Crippen LogP contribution >= 0.6 is 11.3 Å². The van der Waals surface area contributed by atoms with Gasteiger partial charge in [-0.2, -0.15) is 0 Å². The maximum atomic E-state index is 11.9. The summed E-state index contributed by atoms with van der Waals surface area (Å²) in [5.41, 5.74) is 0.723. The van der Waals surface area contributed by atoms with Gasteiger partial charge in [0.05, 0.1) is 13.2 Å². The van der Waals surface area contributed by atoms with Gasteiger partial charge < -0.3 is 15.0 Å². The third kappa shape index (κ3) is 7.41. The van der Waals surface area contributed by atoms with Crippen molar-refractivity contribution in [1.82, 2.24) is 10.2 Å². The monoisotopic (exact) mass is 310 g/mol. The largest absolute Gasteiger partial charge is 0.378 e. The Labute approximate surface area is 131 Å². The fraction of sp³-hybridized carbons (Fsp3) is 0.562. The average molecular weight is 310 g/mol. The maximum absolute atomic E-state index is 11.9. The molecule has 0 atom stereocenters. The van der Waals surface area contributed by atoms with E-state index in [1.165, 1.54) is 0 Å². The van der Waals surface area contributed by atoms with Crippen LogP contribution in [0.25, 0.3) is 6.08 Å². The molecule has 0 unspecified atom stereocenters. The maximum Gasteiger partial charge on any atom is 0.247 e. The lowest BCUT2D eigenvalue weighted by molar-refractivity contribution is -0.117. The molecule has 4 nitrogen and oxygen atoms in total. The van der Waals surface area contributed by atoms with Crippen LogP contribution < -0.4 is 5.32 Å². The number of ether oxygens (including phenoxy) is 1. The normalized spacial score (nSPS) is 11.9. The Hall–Kier alpha value is -1.17. The Morgan fingerprint density at radius 1 is 1.38 bits per heavy atom. The van der Waals surface area contributed by atoms with Gasteiger partial charge in [0.2, 0.25) is 5.91 Å². The molecule has 21 heavy (non-hydrogen) atoms. The summed E-state index contributed by atoms with van der Waals surface area (Å²) in [7, 11) is 0. The van der Waals surface area contributed by atoms with Gasteiger partial charge in [-0.05, 0) is 37.5 Å². The number of rotatable bonds is 10. The van der Waals surface area contributed by atoms with Gasteiger partial charge in [0.15, 0.2) is 0 Å². The molecule has 0 bridgehead atoms. The number of likely N-dealkylation sites (N-methyl/N-ethyl adjacent to an activating group) is 1. The summed E-state index contributed by atoms with van der Waals surface area (Å²) >= 11 is 1.62. The molecule has 118 valence electrons. The van der Waals surface area contributed by atoms with Crippen molar-refractivity contribution < 1.29 is 9.53 Å². The number of nitrogens with one attached hydrogen (secondary N) is 1. The summed E-state index contributed by atoms with van der Waals surface area (Å²) in [6, 6.07) is 3.98. The van der Waals surface area contributed by atoms with E-state index in [2.05, 4.69) is 24.1 Å². The van der Waals surface area contributed by atoms with E-state index in [-0.39, 0.29) is 5.91 Å². The minimum atomic E-state index is -0.0317. The van der Waals surface area contributed by atoms with Crippen LogP contribution in [-0.4, -0.2) is 50.2 Å². The van der Waals surface area contributed by atoms with Crippen molar-refractivity contribution in [2.75, 3.05) is 39.4 Å². The number of hydrogen-bond acceptors (Lipinski definition) is 4. The zero-order valence-corrected chi connectivity index (χ0v) is 14.0. The molecule has 5 heteroatoms. The van der Waals surface area contributed by atoms with E-state index < -0.39 is 0 Å². The van der Waals surface area contributed by atoms with Crippen molar-refractivity contribution in [2.45, 2.75) is 20.8 Å². The molecule has 0 radical (unpaired) electrons. The topological polar surface area (TPSA) is 41.6 Å². The fourth-order valence-electron chi connectivity index (χ4n) is 1.86. The molecule has 0 aliphatic carbocycles. The van der Waals surface area contributed by atoms with Crippen LogP contribution in [0.3, 0.4) is 0 Å². The first kappa shape index (κ1) is 17.9. The molecule has 0 fully saturated rings. The van der Waals surface area contributed by atoms with Crippen molar-refractivity contribution in [1.29, 1.82) is 0 Å². The molecule has 1 N–H and O–H groups in total. The first-order valence-corrected chi connectivity index (χ1v) is 8.35. The molecule has 0 aliphatic rings. The Balaban J connectivity index is 2.13. The van der Waals surface area contributed by atoms with E-state index in [0.717, 1.165) is 30.1 Å². The summed E-state index contributed by atoms with van der Waals surface area (Å²) < 4.78 is 5.53. The SMILES string of the molecule is CCN(CC)CCOCCNC(=O)/C(C)=C/c1cccs1. The molecule has 1 aromatic heterocycles. The van der Waals surface area contributed by atoms with Crippen molar-refractivity contribution in [2.24, 2.45) is 0 Å². The fourth-order valence-corrected chi connectivity index (χ4v) is 2.58. The van der Waals surface area contributed by atoms with Crippen LogP contribution in [-0.2, 0) is 9.53 Å². The lowest BCUT2D eigenvalue weighted by Gasteiger charge is -2.17. The molecule has 0 spiro atoms. The summed E-state index contributed by atoms with van der Waals surface area (Å²) in [5, 5.41) is 4.87. The minimum Gasteiger partial charge on any atom is -0.378 e. The summed E-state index contributed by atoms with van der Waals surface area (Å²) in [4.78, 5) is 15.3. The van der Waals surface area contributed by atoms with Gasteiger partial charge in [-0.3, -0.25) is 4.79 Å². The van der Waals surface area contributed by atoms with Crippen molar-refractivity contribution in [3.8, 4) is 0 Å². The first-order valence-electron chi connectivity index (χ1n) is 7.47. The van der Waals surface area contributed by atoms with Crippen molar-refractivity contribution in [3.63, 3.8) is 0 Å². The van der Waals surface area contributed by atoms with E-state index in [1.54, 1.807) is 11.3 Å². The predicted octanol–water partition coefficient (Wildman–Crippen LogP) is 2.63. The molecule has 1 rings (SSSR count). The van der Waals surface area contributed by atoms with Crippen LogP contribution in [0.1, 0.15) is 25.6 Å². The second-order valence-electron chi connectivity index (χ2n) is 4.74. The molecule has 0 saturated carbocycles. The molecule has 0 saturated heterocycles. The van der Waals surface area contributed by atoms with E-state index in [9.17, 15) is 4.79 Å². The number of carbonyl (C=O) groups is 1. The highest BCUT2D eigenvalue weighted by Gasteiger charge is 2.04. The molecular weight excluding hydrogens is 284 g/mol. The number of carbonyl (C=O) groups excluding carboxylic acids is 1. The van der Waals surface area contributed by atoms with Gasteiger partial charge in [0.1, 0.15) is 0 Å². The van der Waals surface area contributed by atoms with Crippen LogP contribution in [0.15, 0.2) is 23.1 Å². The van der Waals surface area contributed by atoms with Crippen LogP contribution in [0.4, 0.5) is 0 Å². The lowest BCUT2D eigenvalue weighted by Crippen LogP contribution is -2.30. The lowest BCUT2D eigenvalue weighted by atomic mass is 10.2. The van der Waals surface area contributed by atoms with E-state index >= 15 is 0 Å². The van der Waals surface area contributed by atoms with E-state index in [0.29, 0.717) is 19.8 Å². The Kier molecular flexibility index (Phi) is 8.98. The van der Waals surface area contributed by atoms with Gasteiger partial charge >= 0.3 is 0 Å². The average Bonchev–Trinajstić information content (AvgIpc) is 2.99. The van der Waals surface area contributed by atoms with Crippen molar-refractivity contribution in [3.05, 3.63) is 28.0 Å². The predicted molar refractivity (Wildman–Crippen MR) is 89.6 cm³/mol. The second-order valence-corrected chi connectivity index (χ2v) is 5.72. The third-order valence-electron chi connectivity index (χ3n) is 3.24. The van der Waals surface area contributed by atoms with Crippen LogP contribution in [0.5, 0.6) is 0 Å². The Bertz CT molecular complexity index is 425. The number of amides is 1. The Morgan fingerprint density at radius 2 is 2.14 bits per heavy atom. The standard InChI is InChI=1S/C16H26N2O2S/c1-4-18(5-2)9-11-20-10-8-17-16(19)14(3)13-15-7-6-12-21-15/h6-7,12-13H,4-5,8-11H2,1-3H3,(H,17,19)/b14-13+. The third-order valence-corrected chi connectivity index (χ3v) is 4.06. The number of hydrogen-bond donors (Lipinski definition) is 1. The van der Waals surface area contributed by atoms with Gasteiger partial charge in [-0.25, -0.2) is 0 Å². The van der Waals surface area contributed by atoms with E-state index in [4.69, 9.17) is 4.74 Å². The highest BCUT2D eigenvalue weighted by Crippen LogP contribution is 2.12. The molecule has 1 heterocycles. The summed E-state index contributed by atoms with van der Waals surface area (Å²) in [6.45, 7) is 11.0. The zero-order chi connectivity index (χ0) is 15.5. The second kappa shape index (κ2) is 10.5. The van der Waals surface area contributed by atoms with Crippen LogP contribution in [0, 0.1) is 0 Å². The number of nitrogens with zero attached hydrogens (tertiary/aromatic N) is 1. The minimum absolute atomic E-state index is 0.0317. The molecular formula is C16H26N2O2S. The summed E-state index contributed by atoms with van der Waals surface area (Å²) in [5.74, 6) is -0.0317. The molecule has 1 aromatic rings. The molecule has 0 aliphatic heterocycles. The van der Waals surface area contributed by atoms with E-state index in [1.807, 2.05) is 30.5 Å². The smallest absolute Gasteiger partial charge is 0.247 e.